The number of rotatable bonds is 5. The molecule has 0 amide bonds. The van der Waals surface area contributed by atoms with Crippen molar-refractivity contribution >= 4 is 43.2 Å². The Bertz CT molecular complexity index is 551. The van der Waals surface area contributed by atoms with Crippen LogP contribution in [0.3, 0.4) is 0 Å². The zero-order chi connectivity index (χ0) is 13.8. The molecule has 1 aromatic heterocycles. The van der Waals surface area contributed by atoms with E-state index in [4.69, 9.17) is 0 Å². The van der Waals surface area contributed by atoms with Gasteiger partial charge in [-0.2, -0.15) is 0 Å². The van der Waals surface area contributed by atoms with Crippen molar-refractivity contribution < 1.29 is 0 Å². The van der Waals surface area contributed by atoms with E-state index in [-0.39, 0.29) is 0 Å². The Balaban J connectivity index is 2.23. The standard InChI is InChI=1S/C15H17Br2NS/c1-3-18-14(15-13(17)7-10(2)19-15)9-11-5-4-6-12(16)8-11/h4-8,14,18H,3,9H2,1-2H3. The molecule has 0 aliphatic rings. The number of hydrogen-bond acceptors (Lipinski definition) is 2. The topological polar surface area (TPSA) is 12.0 Å². The van der Waals surface area contributed by atoms with Crippen LogP contribution in [0.2, 0.25) is 0 Å². The minimum Gasteiger partial charge on any atom is -0.309 e. The van der Waals surface area contributed by atoms with Gasteiger partial charge in [0.15, 0.2) is 0 Å². The fourth-order valence-corrected chi connectivity index (χ4v) is 4.59. The third-order valence-electron chi connectivity index (χ3n) is 2.93. The van der Waals surface area contributed by atoms with E-state index in [9.17, 15) is 0 Å². The second-order valence-corrected chi connectivity index (χ2v) is 7.57. The molecule has 0 radical (unpaired) electrons. The summed E-state index contributed by atoms with van der Waals surface area (Å²) < 4.78 is 2.36. The summed E-state index contributed by atoms with van der Waals surface area (Å²) >= 11 is 9.08. The van der Waals surface area contributed by atoms with Crippen LogP contribution in [0, 0.1) is 6.92 Å². The summed E-state index contributed by atoms with van der Waals surface area (Å²) in [4.78, 5) is 2.73. The highest BCUT2D eigenvalue weighted by molar-refractivity contribution is 9.10. The molecule has 0 fully saturated rings. The third kappa shape index (κ3) is 4.15. The summed E-state index contributed by atoms with van der Waals surface area (Å²) in [7, 11) is 0. The molecule has 0 aliphatic carbocycles. The minimum atomic E-state index is 0.368. The normalized spacial score (nSPS) is 12.6. The van der Waals surface area contributed by atoms with Crippen LogP contribution in [0.4, 0.5) is 0 Å². The summed E-state index contributed by atoms with van der Waals surface area (Å²) in [6.45, 7) is 5.28. The first-order chi connectivity index (χ1) is 9.10. The molecule has 19 heavy (non-hydrogen) atoms. The summed E-state index contributed by atoms with van der Waals surface area (Å²) in [5, 5.41) is 3.59. The molecular weight excluding hydrogens is 386 g/mol. The first-order valence-electron chi connectivity index (χ1n) is 6.33. The van der Waals surface area contributed by atoms with Gasteiger partial charge in [0.2, 0.25) is 0 Å². The summed E-state index contributed by atoms with van der Waals surface area (Å²) in [5.41, 5.74) is 1.35. The van der Waals surface area contributed by atoms with Crippen molar-refractivity contribution in [3.63, 3.8) is 0 Å². The van der Waals surface area contributed by atoms with Crippen LogP contribution in [0.1, 0.15) is 28.3 Å². The van der Waals surface area contributed by atoms with Crippen molar-refractivity contribution in [1.82, 2.24) is 5.32 Å². The van der Waals surface area contributed by atoms with Gasteiger partial charge in [0.05, 0.1) is 0 Å². The number of benzene rings is 1. The first-order valence-corrected chi connectivity index (χ1v) is 8.74. The van der Waals surface area contributed by atoms with Crippen LogP contribution < -0.4 is 5.32 Å². The largest absolute Gasteiger partial charge is 0.309 e. The molecule has 102 valence electrons. The van der Waals surface area contributed by atoms with Gasteiger partial charge >= 0.3 is 0 Å². The SMILES string of the molecule is CCNC(Cc1cccc(Br)c1)c1sc(C)cc1Br. The minimum absolute atomic E-state index is 0.368. The Morgan fingerprint density at radius 3 is 2.63 bits per heavy atom. The van der Waals surface area contributed by atoms with Crippen molar-refractivity contribution in [2.45, 2.75) is 26.3 Å². The lowest BCUT2D eigenvalue weighted by molar-refractivity contribution is 0.556. The van der Waals surface area contributed by atoms with E-state index in [2.05, 4.69) is 81.4 Å². The van der Waals surface area contributed by atoms with Gasteiger partial charge in [0.1, 0.15) is 0 Å². The highest BCUT2D eigenvalue weighted by Crippen LogP contribution is 2.34. The Hall–Kier alpha value is -0.160. The number of nitrogens with one attached hydrogen (secondary N) is 1. The van der Waals surface area contributed by atoms with E-state index >= 15 is 0 Å². The van der Waals surface area contributed by atoms with Gasteiger partial charge < -0.3 is 5.32 Å². The Labute approximate surface area is 135 Å². The van der Waals surface area contributed by atoms with Gasteiger partial charge in [-0.3, -0.25) is 0 Å². The van der Waals surface area contributed by atoms with Crippen LogP contribution in [-0.2, 0) is 6.42 Å². The van der Waals surface area contributed by atoms with Crippen LogP contribution in [0.5, 0.6) is 0 Å². The van der Waals surface area contributed by atoms with Crippen molar-refractivity contribution in [2.75, 3.05) is 6.54 Å². The monoisotopic (exact) mass is 401 g/mol. The molecule has 1 atom stereocenters. The molecule has 0 aliphatic heterocycles. The van der Waals surface area contributed by atoms with Crippen molar-refractivity contribution in [1.29, 1.82) is 0 Å². The van der Waals surface area contributed by atoms with E-state index in [0.29, 0.717) is 6.04 Å². The predicted octanol–water partition coefficient (Wildman–Crippen LogP) is 5.47. The number of aryl methyl sites for hydroxylation is 1. The molecule has 1 nitrogen and oxygen atoms in total. The average Bonchev–Trinajstić information content (AvgIpc) is 2.68. The van der Waals surface area contributed by atoms with Crippen molar-refractivity contribution in [3.05, 3.63) is 54.6 Å². The molecule has 1 aromatic carbocycles. The molecular formula is C15H17Br2NS. The molecule has 2 rings (SSSR count). The second-order valence-electron chi connectivity index (χ2n) is 4.51. The van der Waals surface area contributed by atoms with E-state index in [1.165, 1.54) is 19.8 Å². The molecule has 2 aromatic rings. The number of hydrogen-bond donors (Lipinski definition) is 1. The second kappa shape index (κ2) is 7.02. The maximum absolute atomic E-state index is 3.68. The quantitative estimate of drug-likeness (QED) is 0.698. The number of likely N-dealkylation sites (N-methyl/N-ethyl adjacent to an activating group) is 1. The molecule has 0 spiro atoms. The van der Waals surface area contributed by atoms with Crippen LogP contribution in [0.15, 0.2) is 39.3 Å². The Morgan fingerprint density at radius 2 is 2.05 bits per heavy atom. The fourth-order valence-electron chi connectivity index (χ4n) is 2.14. The van der Waals surface area contributed by atoms with Gasteiger partial charge in [0.25, 0.3) is 0 Å². The molecule has 0 saturated heterocycles. The van der Waals surface area contributed by atoms with Crippen molar-refractivity contribution in [3.8, 4) is 0 Å². The molecule has 0 saturated carbocycles. The summed E-state index contributed by atoms with van der Waals surface area (Å²) in [5.74, 6) is 0. The number of halogens is 2. The lowest BCUT2D eigenvalue weighted by Gasteiger charge is -2.17. The van der Waals surface area contributed by atoms with Gasteiger partial charge in [0, 0.05) is 24.7 Å². The molecule has 1 N–H and O–H groups in total. The van der Waals surface area contributed by atoms with E-state index in [0.717, 1.165) is 17.4 Å². The molecule has 1 unspecified atom stereocenters. The summed E-state index contributed by atoms with van der Waals surface area (Å²) in [6, 6.07) is 11.1. The van der Waals surface area contributed by atoms with Gasteiger partial charge in [-0.1, -0.05) is 35.0 Å². The highest BCUT2D eigenvalue weighted by atomic mass is 79.9. The van der Waals surface area contributed by atoms with Crippen LogP contribution in [0.25, 0.3) is 0 Å². The van der Waals surface area contributed by atoms with Crippen LogP contribution in [-0.4, -0.2) is 6.54 Å². The maximum Gasteiger partial charge on any atom is 0.0467 e. The van der Waals surface area contributed by atoms with Crippen molar-refractivity contribution in [2.24, 2.45) is 0 Å². The smallest absolute Gasteiger partial charge is 0.0467 e. The Kier molecular flexibility index (Phi) is 5.63. The molecule has 1 heterocycles. The van der Waals surface area contributed by atoms with E-state index in [1.807, 2.05) is 11.3 Å². The lowest BCUT2D eigenvalue weighted by Crippen LogP contribution is -2.22. The molecule has 4 heteroatoms. The van der Waals surface area contributed by atoms with E-state index < -0.39 is 0 Å². The Morgan fingerprint density at radius 1 is 1.26 bits per heavy atom. The average molecular weight is 403 g/mol. The highest BCUT2D eigenvalue weighted by Gasteiger charge is 2.17. The van der Waals surface area contributed by atoms with E-state index in [1.54, 1.807) is 0 Å². The first kappa shape index (κ1) is 15.2. The predicted molar refractivity (Wildman–Crippen MR) is 91.0 cm³/mol. The summed E-state index contributed by atoms with van der Waals surface area (Å²) in [6.07, 6.45) is 1.01. The lowest BCUT2D eigenvalue weighted by atomic mass is 10.0. The maximum atomic E-state index is 3.68. The van der Waals surface area contributed by atoms with Gasteiger partial charge in [-0.25, -0.2) is 0 Å². The van der Waals surface area contributed by atoms with Crippen LogP contribution >= 0.6 is 43.2 Å². The van der Waals surface area contributed by atoms with Gasteiger partial charge in [-0.15, -0.1) is 11.3 Å². The third-order valence-corrected chi connectivity index (χ3v) is 5.51. The fraction of sp³-hybridized carbons (Fsp3) is 0.333. The zero-order valence-electron chi connectivity index (χ0n) is 11.0. The molecule has 0 bridgehead atoms. The number of thiophene rings is 1. The zero-order valence-corrected chi connectivity index (χ0v) is 15.0. The van der Waals surface area contributed by atoms with Gasteiger partial charge in [-0.05, 0) is 59.6 Å².